The highest BCUT2D eigenvalue weighted by Gasteiger charge is 2.22. The molecule has 0 saturated heterocycles. The SMILES string of the molecule is COc1ccc([C@H](C#Cc2ccccc2)[C@H](C=O)Cc2ccccc2)cc1. The number of carbonyl (C=O) groups excluding carboxylic acids is 1. The van der Waals surface area contributed by atoms with Crippen LogP contribution >= 0.6 is 0 Å². The van der Waals surface area contributed by atoms with Crippen molar-refractivity contribution in [1.29, 1.82) is 0 Å². The van der Waals surface area contributed by atoms with Crippen LogP contribution in [0.3, 0.4) is 0 Å². The summed E-state index contributed by atoms with van der Waals surface area (Å²) >= 11 is 0. The van der Waals surface area contributed by atoms with Crippen molar-refractivity contribution in [3.8, 4) is 17.6 Å². The van der Waals surface area contributed by atoms with E-state index in [0.717, 1.165) is 28.7 Å². The van der Waals surface area contributed by atoms with Crippen molar-refractivity contribution in [3.05, 3.63) is 102 Å². The normalized spacial score (nSPS) is 12.3. The van der Waals surface area contributed by atoms with Gasteiger partial charge in [0.05, 0.1) is 13.0 Å². The number of carbonyl (C=O) groups is 1. The van der Waals surface area contributed by atoms with Crippen LogP contribution in [0.15, 0.2) is 84.9 Å². The first-order valence-corrected chi connectivity index (χ1v) is 9.00. The van der Waals surface area contributed by atoms with Crippen LogP contribution in [-0.2, 0) is 11.2 Å². The molecule has 134 valence electrons. The van der Waals surface area contributed by atoms with Crippen molar-refractivity contribution in [2.45, 2.75) is 12.3 Å². The number of aldehydes is 1. The predicted octanol–water partition coefficient (Wildman–Crippen LogP) is 4.89. The minimum absolute atomic E-state index is 0.186. The number of ether oxygens (including phenoxy) is 1. The molecular weight excluding hydrogens is 332 g/mol. The average molecular weight is 354 g/mol. The Labute approximate surface area is 160 Å². The highest BCUT2D eigenvalue weighted by Crippen LogP contribution is 2.28. The van der Waals surface area contributed by atoms with E-state index in [0.29, 0.717) is 6.42 Å². The van der Waals surface area contributed by atoms with E-state index in [9.17, 15) is 4.79 Å². The van der Waals surface area contributed by atoms with Crippen LogP contribution in [0.5, 0.6) is 5.75 Å². The molecule has 3 aromatic rings. The Morgan fingerprint density at radius 3 is 2.11 bits per heavy atom. The predicted molar refractivity (Wildman–Crippen MR) is 109 cm³/mol. The number of hydrogen-bond acceptors (Lipinski definition) is 2. The molecule has 0 amide bonds. The molecular formula is C25H22O2. The first-order chi connectivity index (χ1) is 13.3. The second-order valence-corrected chi connectivity index (χ2v) is 6.38. The largest absolute Gasteiger partial charge is 0.497 e. The van der Waals surface area contributed by atoms with Gasteiger partial charge in [0.25, 0.3) is 0 Å². The van der Waals surface area contributed by atoms with Gasteiger partial charge in [-0.25, -0.2) is 0 Å². The number of hydrogen-bond donors (Lipinski definition) is 0. The van der Waals surface area contributed by atoms with Crippen molar-refractivity contribution < 1.29 is 9.53 Å². The molecule has 0 N–H and O–H groups in total. The molecule has 0 aromatic heterocycles. The topological polar surface area (TPSA) is 26.3 Å². The lowest BCUT2D eigenvalue weighted by Crippen LogP contribution is -2.16. The average Bonchev–Trinajstić information content (AvgIpc) is 2.75. The molecule has 0 spiro atoms. The van der Waals surface area contributed by atoms with Gasteiger partial charge in [0.2, 0.25) is 0 Å². The third-order valence-electron chi connectivity index (χ3n) is 4.54. The van der Waals surface area contributed by atoms with Crippen LogP contribution in [0, 0.1) is 17.8 Å². The van der Waals surface area contributed by atoms with Crippen LogP contribution in [0.4, 0.5) is 0 Å². The molecule has 0 unspecified atom stereocenters. The van der Waals surface area contributed by atoms with Crippen molar-refractivity contribution in [1.82, 2.24) is 0 Å². The lowest BCUT2D eigenvalue weighted by molar-refractivity contribution is -0.111. The first-order valence-electron chi connectivity index (χ1n) is 9.00. The molecule has 3 aromatic carbocycles. The fourth-order valence-electron chi connectivity index (χ4n) is 3.06. The van der Waals surface area contributed by atoms with Gasteiger partial charge < -0.3 is 9.53 Å². The minimum Gasteiger partial charge on any atom is -0.497 e. The summed E-state index contributed by atoms with van der Waals surface area (Å²) in [7, 11) is 1.64. The highest BCUT2D eigenvalue weighted by atomic mass is 16.5. The monoisotopic (exact) mass is 354 g/mol. The van der Waals surface area contributed by atoms with Gasteiger partial charge in [0.1, 0.15) is 12.0 Å². The zero-order valence-electron chi connectivity index (χ0n) is 15.3. The lowest BCUT2D eigenvalue weighted by atomic mass is 9.83. The molecule has 0 aliphatic heterocycles. The van der Waals surface area contributed by atoms with E-state index >= 15 is 0 Å². The molecule has 3 rings (SSSR count). The van der Waals surface area contributed by atoms with Gasteiger partial charge in [-0.1, -0.05) is 72.5 Å². The lowest BCUT2D eigenvalue weighted by Gasteiger charge is -2.19. The van der Waals surface area contributed by atoms with E-state index in [4.69, 9.17) is 4.74 Å². The maximum absolute atomic E-state index is 12.0. The summed E-state index contributed by atoms with van der Waals surface area (Å²) in [5.74, 6) is 6.95. The Morgan fingerprint density at radius 2 is 1.52 bits per heavy atom. The van der Waals surface area contributed by atoms with Crippen LogP contribution < -0.4 is 4.74 Å². The molecule has 0 bridgehead atoms. The summed E-state index contributed by atoms with van der Waals surface area (Å²) < 4.78 is 5.26. The van der Waals surface area contributed by atoms with Gasteiger partial charge in [-0.3, -0.25) is 0 Å². The molecule has 0 radical (unpaired) electrons. The van der Waals surface area contributed by atoms with E-state index in [2.05, 4.69) is 11.8 Å². The van der Waals surface area contributed by atoms with E-state index in [-0.39, 0.29) is 11.8 Å². The van der Waals surface area contributed by atoms with Crippen molar-refractivity contribution >= 4 is 6.29 Å². The van der Waals surface area contributed by atoms with Crippen LogP contribution in [0.25, 0.3) is 0 Å². The van der Waals surface area contributed by atoms with Crippen LogP contribution in [-0.4, -0.2) is 13.4 Å². The van der Waals surface area contributed by atoms with E-state index in [1.54, 1.807) is 7.11 Å². The second-order valence-electron chi connectivity index (χ2n) is 6.38. The number of benzene rings is 3. The molecule has 0 aliphatic carbocycles. The van der Waals surface area contributed by atoms with Gasteiger partial charge in [-0.2, -0.15) is 0 Å². The van der Waals surface area contributed by atoms with Crippen molar-refractivity contribution in [2.75, 3.05) is 7.11 Å². The maximum Gasteiger partial charge on any atom is 0.124 e. The molecule has 0 saturated carbocycles. The smallest absolute Gasteiger partial charge is 0.124 e. The Morgan fingerprint density at radius 1 is 0.889 bits per heavy atom. The van der Waals surface area contributed by atoms with Crippen LogP contribution in [0.2, 0.25) is 0 Å². The van der Waals surface area contributed by atoms with E-state index < -0.39 is 0 Å². The Hall–Kier alpha value is -3.31. The summed E-state index contributed by atoms with van der Waals surface area (Å²) in [6.07, 6.45) is 1.69. The van der Waals surface area contributed by atoms with E-state index in [1.807, 2.05) is 84.9 Å². The molecule has 2 heteroatoms. The molecule has 27 heavy (non-hydrogen) atoms. The van der Waals surface area contributed by atoms with Gasteiger partial charge in [-0.15, -0.1) is 0 Å². The standard InChI is InChI=1S/C25H22O2/c1-27-24-15-13-22(14-16-24)25(17-12-20-8-4-2-5-9-20)23(19-26)18-21-10-6-3-7-11-21/h2-11,13-16,19,23,25H,18H2,1H3/t23-,25-/m0/s1. The maximum atomic E-state index is 12.0. The highest BCUT2D eigenvalue weighted by molar-refractivity contribution is 5.59. The summed E-state index contributed by atoms with van der Waals surface area (Å²) in [6, 6.07) is 27.7. The quantitative estimate of drug-likeness (QED) is 0.465. The summed E-state index contributed by atoms with van der Waals surface area (Å²) in [4.78, 5) is 12.0. The van der Waals surface area contributed by atoms with Gasteiger partial charge in [0.15, 0.2) is 0 Å². The van der Waals surface area contributed by atoms with Crippen LogP contribution in [0.1, 0.15) is 22.6 Å². The third-order valence-corrected chi connectivity index (χ3v) is 4.54. The van der Waals surface area contributed by atoms with Crippen molar-refractivity contribution in [2.24, 2.45) is 5.92 Å². The zero-order chi connectivity index (χ0) is 18.9. The minimum atomic E-state index is -0.225. The van der Waals surface area contributed by atoms with E-state index in [1.165, 1.54) is 0 Å². The van der Waals surface area contributed by atoms with Gasteiger partial charge >= 0.3 is 0 Å². The molecule has 0 fully saturated rings. The molecule has 2 atom stereocenters. The fraction of sp³-hybridized carbons (Fsp3) is 0.160. The molecule has 2 nitrogen and oxygen atoms in total. The Bertz CT molecular complexity index is 903. The summed E-state index contributed by atoms with van der Waals surface area (Å²) in [5, 5.41) is 0. The first kappa shape index (κ1) is 18.5. The number of rotatable bonds is 6. The van der Waals surface area contributed by atoms with Crippen molar-refractivity contribution in [3.63, 3.8) is 0 Å². The third kappa shape index (κ3) is 5.09. The Kier molecular flexibility index (Phi) is 6.44. The fourth-order valence-corrected chi connectivity index (χ4v) is 3.06. The molecule has 0 aliphatic rings. The van der Waals surface area contributed by atoms with Gasteiger partial charge in [-0.05, 0) is 41.8 Å². The summed E-state index contributed by atoms with van der Waals surface area (Å²) in [5.41, 5.74) is 3.10. The second kappa shape index (κ2) is 9.40. The zero-order valence-corrected chi connectivity index (χ0v) is 15.3. The summed E-state index contributed by atoms with van der Waals surface area (Å²) in [6.45, 7) is 0. The molecule has 0 heterocycles. The number of methoxy groups -OCH3 is 1. The van der Waals surface area contributed by atoms with Gasteiger partial charge in [0, 0.05) is 11.5 Å². The Balaban J connectivity index is 1.94.